The molecule has 1 aromatic carbocycles. The summed E-state index contributed by atoms with van der Waals surface area (Å²) in [6.07, 6.45) is 6.19. The van der Waals surface area contributed by atoms with Gasteiger partial charge in [-0.3, -0.25) is 0 Å². The Morgan fingerprint density at radius 2 is 2.05 bits per heavy atom. The van der Waals surface area contributed by atoms with E-state index in [0.29, 0.717) is 12.6 Å². The number of likely N-dealkylation sites (tertiary alicyclic amines) is 1. The first-order valence-corrected chi connectivity index (χ1v) is 7.90. The van der Waals surface area contributed by atoms with Gasteiger partial charge < -0.3 is 10.2 Å². The molecule has 0 saturated carbocycles. The molecular weight excluding hydrogens is 271 g/mol. The van der Waals surface area contributed by atoms with Crippen LogP contribution in [0.2, 0.25) is 0 Å². The topological polar surface area (TPSA) is 15.3 Å². The second kappa shape index (κ2) is 7.58. The number of hydrogen-bond donors (Lipinski definition) is 1. The molecule has 0 amide bonds. The zero-order valence-electron chi connectivity index (χ0n) is 12.1. The number of thiocarbonyl (C=S) groups is 1. The molecule has 1 saturated heterocycles. The first kappa shape index (κ1) is 15.2. The van der Waals surface area contributed by atoms with Gasteiger partial charge in [0.05, 0.1) is 0 Å². The number of nitrogens with one attached hydrogen (secondary N) is 1. The van der Waals surface area contributed by atoms with E-state index in [4.69, 9.17) is 12.2 Å². The standard InChI is InChI=1S/C16H23FN2S/c1-2-15-6-4-3-5-11-19(15)16(20)18-12-13-7-9-14(17)10-8-13/h7-10,15H,2-6,11-12H2,1H3,(H,18,20). The number of nitrogens with zero attached hydrogens (tertiary/aromatic N) is 1. The van der Waals surface area contributed by atoms with Gasteiger partial charge in [-0.1, -0.05) is 31.9 Å². The van der Waals surface area contributed by atoms with Crippen LogP contribution in [-0.4, -0.2) is 22.6 Å². The van der Waals surface area contributed by atoms with Crippen LogP contribution in [0.1, 0.15) is 44.6 Å². The van der Waals surface area contributed by atoms with Gasteiger partial charge >= 0.3 is 0 Å². The van der Waals surface area contributed by atoms with Crippen molar-refractivity contribution in [2.45, 2.75) is 51.6 Å². The van der Waals surface area contributed by atoms with Gasteiger partial charge in [-0.15, -0.1) is 0 Å². The van der Waals surface area contributed by atoms with Crippen molar-refractivity contribution in [2.24, 2.45) is 0 Å². The van der Waals surface area contributed by atoms with Gasteiger partial charge in [0.15, 0.2) is 5.11 Å². The summed E-state index contributed by atoms with van der Waals surface area (Å²) in [7, 11) is 0. The SMILES string of the molecule is CCC1CCCCCN1C(=S)NCc1ccc(F)cc1. The van der Waals surface area contributed by atoms with Gasteiger partial charge in [-0.2, -0.15) is 0 Å². The summed E-state index contributed by atoms with van der Waals surface area (Å²) in [5.74, 6) is -0.199. The van der Waals surface area contributed by atoms with Crippen LogP contribution in [0.25, 0.3) is 0 Å². The van der Waals surface area contributed by atoms with E-state index in [1.807, 2.05) is 0 Å². The first-order chi connectivity index (χ1) is 9.70. The maximum atomic E-state index is 12.9. The van der Waals surface area contributed by atoms with Crippen LogP contribution < -0.4 is 5.32 Å². The van der Waals surface area contributed by atoms with Gasteiger partial charge in [0.1, 0.15) is 5.82 Å². The van der Waals surface area contributed by atoms with Crippen molar-refractivity contribution >= 4 is 17.3 Å². The fraction of sp³-hybridized carbons (Fsp3) is 0.562. The average Bonchev–Trinajstić information content (AvgIpc) is 2.71. The molecule has 0 aromatic heterocycles. The maximum Gasteiger partial charge on any atom is 0.169 e. The Bertz CT molecular complexity index is 433. The highest BCUT2D eigenvalue weighted by Gasteiger charge is 2.21. The molecule has 20 heavy (non-hydrogen) atoms. The molecule has 2 nitrogen and oxygen atoms in total. The zero-order valence-corrected chi connectivity index (χ0v) is 12.9. The zero-order chi connectivity index (χ0) is 14.4. The molecule has 1 aliphatic heterocycles. The van der Waals surface area contributed by atoms with Crippen molar-refractivity contribution in [1.82, 2.24) is 10.2 Å². The van der Waals surface area contributed by atoms with Crippen LogP contribution in [0.15, 0.2) is 24.3 Å². The predicted octanol–water partition coefficient (Wildman–Crippen LogP) is 3.85. The van der Waals surface area contributed by atoms with E-state index in [-0.39, 0.29) is 5.82 Å². The van der Waals surface area contributed by atoms with Crippen molar-refractivity contribution in [3.8, 4) is 0 Å². The molecule has 4 heteroatoms. The number of rotatable bonds is 3. The van der Waals surface area contributed by atoms with Crippen LogP contribution in [0.5, 0.6) is 0 Å². The highest BCUT2D eigenvalue weighted by atomic mass is 32.1. The number of hydrogen-bond acceptors (Lipinski definition) is 1. The molecule has 0 bridgehead atoms. The third-order valence-corrected chi connectivity index (χ3v) is 4.35. The molecule has 1 aromatic rings. The quantitative estimate of drug-likeness (QED) is 0.852. The third kappa shape index (κ3) is 4.17. The van der Waals surface area contributed by atoms with Crippen molar-refractivity contribution in [1.29, 1.82) is 0 Å². The third-order valence-electron chi connectivity index (χ3n) is 3.97. The monoisotopic (exact) mass is 294 g/mol. The van der Waals surface area contributed by atoms with E-state index in [2.05, 4.69) is 17.1 Å². The molecule has 0 spiro atoms. The van der Waals surface area contributed by atoms with E-state index in [9.17, 15) is 4.39 Å². The second-order valence-electron chi connectivity index (χ2n) is 5.39. The molecule has 0 aliphatic carbocycles. The Morgan fingerprint density at radius 1 is 1.30 bits per heavy atom. The Hall–Kier alpha value is -1.16. The lowest BCUT2D eigenvalue weighted by molar-refractivity contribution is 0.303. The summed E-state index contributed by atoms with van der Waals surface area (Å²) < 4.78 is 12.9. The van der Waals surface area contributed by atoms with Gasteiger partial charge in [-0.05, 0) is 49.2 Å². The molecule has 1 N–H and O–H groups in total. The van der Waals surface area contributed by atoms with Crippen LogP contribution >= 0.6 is 12.2 Å². The Labute approximate surface area is 126 Å². The minimum atomic E-state index is -0.199. The van der Waals surface area contributed by atoms with Crippen molar-refractivity contribution in [3.05, 3.63) is 35.6 Å². The van der Waals surface area contributed by atoms with Crippen LogP contribution in [-0.2, 0) is 6.54 Å². The Balaban J connectivity index is 1.90. The van der Waals surface area contributed by atoms with Gasteiger partial charge in [0.2, 0.25) is 0 Å². The molecule has 1 atom stereocenters. The van der Waals surface area contributed by atoms with E-state index in [0.717, 1.165) is 23.6 Å². The van der Waals surface area contributed by atoms with Crippen molar-refractivity contribution in [3.63, 3.8) is 0 Å². The Kier molecular flexibility index (Phi) is 5.77. The molecular formula is C16H23FN2S. The fourth-order valence-corrected chi connectivity index (χ4v) is 3.06. The number of halogens is 1. The van der Waals surface area contributed by atoms with Crippen LogP contribution in [0.3, 0.4) is 0 Å². The van der Waals surface area contributed by atoms with E-state index < -0.39 is 0 Å². The minimum absolute atomic E-state index is 0.199. The second-order valence-corrected chi connectivity index (χ2v) is 5.78. The fourth-order valence-electron chi connectivity index (χ4n) is 2.75. The molecule has 1 aliphatic rings. The average molecular weight is 294 g/mol. The molecule has 2 rings (SSSR count). The molecule has 1 fully saturated rings. The van der Waals surface area contributed by atoms with Crippen LogP contribution in [0.4, 0.5) is 4.39 Å². The molecule has 1 heterocycles. The smallest absolute Gasteiger partial charge is 0.169 e. The van der Waals surface area contributed by atoms with E-state index >= 15 is 0 Å². The summed E-state index contributed by atoms with van der Waals surface area (Å²) in [4.78, 5) is 2.34. The van der Waals surface area contributed by atoms with Gasteiger partial charge in [0, 0.05) is 19.1 Å². The van der Waals surface area contributed by atoms with Crippen molar-refractivity contribution < 1.29 is 4.39 Å². The summed E-state index contributed by atoms with van der Waals surface area (Å²) in [5, 5.41) is 4.15. The molecule has 110 valence electrons. The Morgan fingerprint density at radius 3 is 2.75 bits per heavy atom. The van der Waals surface area contributed by atoms with Gasteiger partial charge in [-0.25, -0.2) is 4.39 Å². The maximum absolute atomic E-state index is 12.9. The molecule has 0 radical (unpaired) electrons. The van der Waals surface area contributed by atoms with E-state index in [1.165, 1.54) is 37.8 Å². The largest absolute Gasteiger partial charge is 0.358 e. The van der Waals surface area contributed by atoms with E-state index in [1.54, 1.807) is 12.1 Å². The highest BCUT2D eigenvalue weighted by Crippen LogP contribution is 2.19. The lowest BCUT2D eigenvalue weighted by Crippen LogP contribution is -2.45. The minimum Gasteiger partial charge on any atom is -0.358 e. The summed E-state index contributed by atoms with van der Waals surface area (Å²) in [5.41, 5.74) is 1.05. The molecule has 1 unspecified atom stereocenters. The summed E-state index contributed by atoms with van der Waals surface area (Å²) in [6.45, 7) is 3.94. The predicted molar refractivity (Wildman–Crippen MR) is 85.1 cm³/mol. The first-order valence-electron chi connectivity index (χ1n) is 7.49. The summed E-state index contributed by atoms with van der Waals surface area (Å²) in [6, 6.07) is 7.13. The summed E-state index contributed by atoms with van der Waals surface area (Å²) >= 11 is 5.54. The van der Waals surface area contributed by atoms with Gasteiger partial charge in [0.25, 0.3) is 0 Å². The normalized spacial score (nSPS) is 19.5. The van der Waals surface area contributed by atoms with Crippen molar-refractivity contribution in [2.75, 3.05) is 6.54 Å². The highest BCUT2D eigenvalue weighted by molar-refractivity contribution is 7.80. The number of benzene rings is 1. The lowest BCUT2D eigenvalue weighted by Gasteiger charge is -2.32. The lowest BCUT2D eigenvalue weighted by atomic mass is 10.1. The van der Waals surface area contributed by atoms with Crippen LogP contribution in [0, 0.1) is 5.82 Å².